The molecule has 2 heterocycles. The Morgan fingerprint density at radius 1 is 1.00 bits per heavy atom. The zero-order chi connectivity index (χ0) is 22.2. The third-order valence-electron chi connectivity index (χ3n) is 5.20. The Morgan fingerprint density at radius 2 is 1.75 bits per heavy atom. The number of nitrogens with zero attached hydrogens (tertiary/aromatic N) is 2. The number of rotatable bonds is 3. The average Bonchev–Trinajstić information content (AvgIpc) is 3.15. The van der Waals surface area contributed by atoms with Crippen LogP contribution in [-0.2, 0) is 0 Å². The van der Waals surface area contributed by atoms with Gasteiger partial charge in [-0.15, -0.1) is 0 Å². The molecular weight excluding hydrogens is 442 g/mol. The van der Waals surface area contributed by atoms with Crippen LogP contribution in [0, 0.1) is 4.77 Å². The molecule has 0 bridgehead atoms. The highest BCUT2D eigenvalue weighted by Gasteiger charge is 2.23. The maximum Gasteiger partial charge on any atom is 0.262 e. The third kappa shape index (κ3) is 3.49. The van der Waals surface area contributed by atoms with Crippen molar-refractivity contribution >= 4 is 46.9 Å². The normalized spacial score (nSPS) is 13.8. The number of nitrogens with one attached hydrogen (secondary N) is 1. The summed E-state index contributed by atoms with van der Waals surface area (Å²) in [5.41, 5.74) is 4.18. The summed E-state index contributed by atoms with van der Waals surface area (Å²) in [6.07, 6.45) is 1.65. The van der Waals surface area contributed by atoms with Gasteiger partial charge in [-0.2, -0.15) is 0 Å². The number of hydrogen-bond acceptors (Lipinski definition) is 4. The smallest absolute Gasteiger partial charge is 0.262 e. The van der Waals surface area contributed by atoms with Crippen LogP contribution in [0.1, 0.15) is 16.7 Å². The van der Waals surface area contributed by atoms with Gasteiger partial charge in [0, 0.05) is 21.7 Å². The van der Waals surface area contributed by atoms with Crippen molar-refractivity contribution < 1.29 is 5.11 Å². The first-order valence-electron chi connectivity index (χ1n) is 9.83. The van der Waals surface area contributed by atoms with Crippen LogP contribution < -0.4 is 5.56 Å². The van der Waals surface area contributed by atoms with Crippen LogP contribution in [0.3, 0.4) is 0 Å². The summed E-state index contributed by atoms with van der Waals surface area (Å²) in [4.78, 5) is 20.3. The molecular formula is C25H16ClN3O2S. The molecule has 3 aromatic carbocycles. The molecule has 156 valence electrons. The number of aliphatic imine (C=N–C) groups is 1. The van der Waals surface area contributed by atoms with E-state index in [1.54, 1.807) is 30.3 Å². The standard InChI is InChI=1S/C25H16ClN3O2S/c26-16-9-6-10-17(13-16)29-24(31)20(23(30)28-25(29)32)14-19-18-11-4-5-12-21(18)27-22(19)15-7-2-1-3-8-15/h1-14,31H,(H,28,30,32)/b19-14+. The van der Waals surface area contributed by atoms with Crippen molar-refractivity contribution in [3.8, 4) is 11.6 Å². The van der Waals surface area contributed by atoms with Crippen molar-refractivity contribution in [3.63, 3.8) is 0 Å². The lowest BCUT2D eigenvalue weighted by Crippen LogP contribution is -2.16. The first-order chi connectivity index (χ1) is 15.5. The number of aromatic nitrogens is 2. The van der Waals surface area contributed by atoms with Crippen molar-refractivity contribution in [1.82, 2.24) is 9.55 Å². The quantitative estimate of drug-likeness (QED) is 0.374. The number of aromatic hydroxyl groups is 1. The zero-order valence-corrected chi connectivity index (χ0v) is 18.2. The maximum atomic E-state index is 12.8. The Bertz CT molecular complexity index is 1540. The number of fused-ring (bicyclic) bond motifs is 1. The van der Waals surface area contributed by atoms with Crippen LogP contribution in [0.2, 0.25) is 5.02 Å². The van der Waals surface area contributed by atoms with Gasteiger partial charge in [-0.05, 0) is 42.6 Å². The van der Waals surface area contributed by atoms with E-state index in [1.807, 2.05) is 54.6 Å². The van der Waals surface area contributed by atoms with E-state index in [-0.39, 0.29) is 16.2 Å². The molecule has 0 radical (unpaired) electrons. The molecule has 0 saturated carbocycles. The minimum atomic E-state index is -0.491. The van der Waals surface area contributed by atoms with Crippen LogP contribution in [-0.4, -0.2) is 20.4 Å². The lowest BCUT2D eigenvalue weighted by Gasteiger charge is -2.13. The van der Waals surface area contributed by atoms with Gasteiger partial charge < -0.3 is 5.11 Å². The van der Waals surface area contributed by atoms with Gasteiger partial charge in [-0.3, -0.25) is 14.3 Å². The largest absolute Gasteiger partial charge is 0.494 e. The molecule has 0 unspecified atom stereocenters. The topological polar surface area (TPSA) is 70.4 Å². The Morgan fingerprint density at radius 3 is 2.53 bits per heavy atom. The van der Waals surface area contributed by atoms with E-state index in [4.69, 9.17) is 28.8 Å². The zero-order valence-electron chi connectivity index (χ0n) is 16.6. The summed E-state index contributed by atoms with van der Waals surface area (Å²) in [6.45, 7) is 0. The summed E-state index contributed by atoms with van der Waals surface area (Å²) in [6, 6.07) is 24.3. The van der Waals surface area contributed by atoms with Crippen molar-refractivity contribution in [2.45, 2.75) is 0 Å². The Hall–Kier alpha value is -3.74. The van der Waals surface area contributed by atoms with E-state index in [1.165, 1.54) is 4.57 Å². The van der Waals surface area contributed by atoms with E-state index in [0.717, 1.165) is 28.1 Å². The third-order valence-corrected chi connectivity index (χ3v) is 5.72. The van der Waals surface area contributed by atoms with Gasteiger partial charge >= 0.3 is 0 Å². The van der Waals surface area contributed by atoms with E-state index in [0.29, 0.717) is 10.7 Å². The maximum absolute atomic E-state index is 12.8. The van der Waals surface area contributed by atoms with Crippen LogP contribution in [0.15, 0.2) is 88.6 Å². The predicted molar refractivity (Wildman–Crippen MR) is 131 cm³/mol. The minimum Gasteiger partial charge on any atom is -0.494 e. The number of allylic oxidation sites excluding steroid dienone is 1. The van der Waals surface area contributed by atoms with Gasteiger partial charge in [-0.1, -0.05) is 66.2 Å². The molecule has 7 heteroatoms. The molecule has 0 spiro atoms. The van der Waals surface area contributed by atoms with E-state index in [9.17, 15) is 9.90 Å². The molecule has 0 aliphatic carbocycles. The second-order valence-electron chi connectivity index (χ2n) is 7.21. The fourth-order valence-electron chi connectivity index (χ4n) is 3.74. The molecule has 0 atom stereocenters. The number of H-pyrrole nitrogens is 1. The van der Waals surface area contributed by atoms with Gasteiger partial charge in [0.05, 0.1) is 17.1 Å². The second-order valence-corrected chi connectivity index (χ2v) is 8.04. The van der Waals surface area contributed by atoms with E-state index >= 15 is 0 Å². The molecule has 0 amide bonds. The van der Waals surface area contributed by atoms with Gasteiger partial charge in [0.2, 0.25) is 5.88 Å². The second kappa shape index (κ2) is 8.07. The van der Waals surface area contributed by atoms with Crippen LogP contribution in [0.5, 0.6) is 5.88 Å². The molecule has 1 aliphatic heterocycles. The van der Waals surface area contributed by atoms with Crippen LogP contribution >= 0.6 is 23.8 Å². The molecule has 5 rings (SSSR count). The minimum absolute atomic E-state index is 0.0701. The Kier molecular flexibility index (Phi) is 5.09. The molecule has 2 N–H and O–H groups in total. The fraction of sp³-hybridized carbons (Fsp3) is 0. The highest BCUT2D eigenvalue weighted by atomic mass is 35.5. The molecule has 32 heavy (non-hydrogen) atoms. The number of hydrogen-bond donors (Lipinski definition) is 2. The number of halogens is 1. The predicted octanol–water partition coefficient (Wildman–Crippen LogP) is 5.93. The summed E-state index contributed by atoms with van der Waals surface area (Å²) in [5, 5.41) is 11.6. The highest BCUT2D eigenvalue weighted by Crippen LogP contribution is 2.38. The van der Waals surface area contributed by atoms with Crippen LogP contribution in [0.25, 0.3) is 17.3 Å². The summed E-state index contributed by atoms with van der Waals surface area (Å²) in [7, 11) is 0. The molecule has 0 saturated heterocycles. The molecule has 4 aromatic rings. The summed E-state index contributed by atoms with van der Waals surface area (Å²) in [5.74, 6) is -0.273. The lowest BCUT2D eigenvalue weighted by molar-refractivity contribution is 0.432. The summed E-state index contributed by atoms with van der Waals surface area (Å²) >= 11 is 11.4. The van der Waals surface area contributed by atoms with Gasteiger partial charge in [0.25, 0.3) is 5.56 Å². The van der Waals surface area contributed by atoms with Gasteiger partial charge in [-0.25, -0.2) is 4.99 Å². The number of benzene rings is 3. The van der Waals surface area contributed by atoms with E-state index < -0.39 is 5.56 Å². The van der Waals surface area contributed by atoms with Crippen molar-refractivity contribution in [1.29, 1.82) is 0 Å². The highest BCUT2D eigenvalue weighted by molar-refractivity contribution is 7.71. The fourth-order valence-corrected chi connectivity index (χ4v) is 4.21. The van der Waals surface area contributed by atoms with Crippen molar-refractivity contribution in [2.75, 3.05) is 0 Å². The monoisotopic (exact) mass is 457 g/mol. The SMILES string of the molecule is O=c1[nH]c(=S)n(-c2cccc(Cl)c2)c(O)c1/C=C1/C(c2ccccc2)=Nc2ccccc21. The Balaban J connectivity index is 1.75. The van der Waals surface area contributed by atoms with Gasteiger partial charge in [0.1, 0.15) is 5.56 Å². The van der Waals surface area contributed by atoms with Crippen molar-refractivity contribution in [2.24, 2.45) is 4.99 Å². The molecule has 0 fully saturated rings. The number of para-hydroxylation sites is 1. The van der Waals surface area contributed by atoms with E-state index in [2.05, 4.69) is 4.98 Å². The summed E-state index contributed by atoms with van der Waals surface area (Å²) < 4.78 is 1.45. The first-order valence-corrected chi connectivity index (χ1v) is 10.6. The Labute approximate surface area is 193 Å². The molecule has 1 aliphatic rings. The average molecular weight is 458 g/mol. The van der Waals surface area contributed by atoms with Crippen LogP contribution in [0.4, 0.5) is 5.69 Å². The first kappa shape index (κ1) is 20.2. The molecule has 5 nitrogen and oxygen atoms in total. The molecule has 1 aromatic heterocycles. The van der Waals surface area contributed by atoms with Crippen molar-refractivity contribution in [3.05, 3.63) is 116 Å². The lowest BCUT2D eigenvalue weighted by atomic mass is 9.96. The van der Waals surface area contributed by atoms with Gasteiger partial charge in [0.15, 0.2) is 4.77 Å². The number of aromatic amines is 1.